The number of hydrogen-bond acceptors (Lipinski definition) is 4. The van der Waals surface area contributed by atoms with Gasteiger partial charge in [-0.3, -0.25) is 14.5 Å². The molecule has 1 saturated heterocycles. The molecular weight excluding hydrogens is 388 g/mol. The molecule has 0 atom stereocenters. The summed E-state index contributed by atoms with van der Waals surface area (Å²) in [6, 6.07) is 16.3. The van der Waals surface area contributed by atoms with Crippen molar-refractivity contribution in [3.05, 3.63) is 59.7 Å². The number of fused-ring (bicyclic) bond motifs is 1. The average Bonchev–Trinajstić information content (AvgIpc) is 2.80. The highest BCUT2D eigenvalue weighted by molar-refractivity contribution is 5.93. The van der Waals surface area contributed by atoms with E-state index in [0.29, 0.717) is 26.2 Å². The minimum atomic E-state index is 0.00519. The second-order valence-electron chi connectivity index (χ2n) is 8.37. The van der Waals surface area contributed by atoms with Crippen LogP contribution in [0.5, 0.6) is 0 Å². The van der Waals surface area contributed by atoms with Crippen molar-refractivity contribution in [2.45, 2.75) is 26.2 Å². The SMILES string of the molecule is CCc1ccccc1NC(=O)CN1CCN(C(=O)CN2CCCc3ccccc32)CC1. The molecule has 1 fully saturated rings. The molecular formula is C25H32N4O2. The number of rotatable bonds is 6. The van der Waals surface area contributed by atoms with Gasteiger partial charge in [-0.1, -0.05) is 43.3 Å². The highest BCUT2D eigenvalue weighted by Crippen LogP contribution is 2.26. The third-order valence-corrected chi connectivity index (χ3v) is 6.30. The lowest BCUT2D eigenvalue weighted by atomic mass is 10.0. The van der Waals surface area contributed by atoms with Gasteiger partial charge in [-0.25, -0.2) is 0 Å². The molecule has 6 nitrogen and oxygen atoms in total. The minimum Gasteiger partial charge on any atom is -0.362 e. The van der Waals surface area contributed by atoms with Crippen molar-refractivity contribution in [3.8, 4) is 0 Å². The van der Waals surface area contributed by atoms with E-state index in [0.717, 1.165) is 50.1 Å². The number of anilines is 2. The van der Waals surface area contributed by atoms with Gasteiger partial charge in [-0.05, 0) is 42.5 Å². The van der Waals surface area contributed by atoms with E-state index in [1.54, 1.807) is 0 Å². The van der Waals surface area contributed by atoms with Gasteiger partial charge >= 0.3 is 0 Å². The zero-order valence-corrected chi connectivity index (χ0v) is 18.3. The van der Waals surface area contributed by atoms with Crippen molar-refractivity contribution in [1.29, 1.82) is 0 Å². The second-order valence-corrected chi connectivity index (χ2v) is 8.37. The molecule has 0 aromatic heterocycles. The van der Waals surface area contributed by atoms with Crippen molar-refractivity contribution in [3.63, 3.8) is 0 Å². The van der Waals surface area contributed by atoms with Gasteiger partial charge in [0.1, 0.15) is 0 Å². The van der Waals surface area contributed by atoms with Crippen LogP contribution in [0.1, 0.15) is 24.5 Å². The summed E-state index contributed by atoms with van der Waals surface area (Å²) in [7, 11) is 0. The quantitative estimate of drug-likeness (QED) is 0.781. The number of carbonyl (C=O) groups is 2. The zero-order chi connectivity index (χ0) is 21.6. The Morgan fingerprint density at radius 1 is 0.903 bits per heavy atom. The van der Waals surface area contributed by atoms with Gasteiger partial charge in [0.05, 0.1) is 13.1 Å². The van der Waals surface area contributed by atoms with E-state index in [1.165, 1.54) is 11.3 Å². The number of piperazine rings is 1. The fourth-order valence-electron chi connectivity index (χ4n) is 4.54. The summed E-state index contributed by atoms with van der Waals surface area (Å²) in [5.41, 5.74) is 4.57. The van der Waals surface area contributed by atoms with Crippen LogP contribution in [0.25, 0.3) is 0 Å². The zero-order valence-electron chi connectivity index (χ0n) is 18.3. The molecule has 0 bridgehead atoms. The first-order chi connectivity index (χ1) is 15.1. The molecule has 0 saturated carbocycles. The van der Waals surface area contributed by atoms with Crippen LogP contribution < -0.4 is 10.2 Å². The molecule has 2 aliphatic rings. The number of carbonyl (C=O) groups excluding carboxylic acids is 2. The van der Waals surface area contributed by atoms with E-state index >= 15 is 0 Å². The van der Waals surface area contributed by atoms with Crippen molar-refractivity contribution >= 4 is 23.2 Å². The van der Waals surface area contributed by atoms with Crippen LogP contribution in [0.2, 0.25) is 0 Å². The van der Waals surface area contributed by atoms with Crippen molar-refractivity contribution in [2.75, 3.05) is 56.0 Å². The predicted octanol–water partition coefficient (Wildman–Crippen LogP) is 2.78. The number of nitrogens with one attached hydrogen (secondary N) is 1. The van der Waals surface area contributed by atoms with E-state index in [9.17, 15) is 9.59 Å². The van der Waals surface area contributed by atoms with E-state index in [2.05, 4.69) is 40.2 Å². The maximum atomic E-state index is 12.9. The molecule has 2 aromatic carbocycles. The Morgan fingerprint density at radius 3 is 2.45 bits per heavy atom. The first-order valence-electron chi connectivity index (χ1n) is 11.3. The van der Waals surface area contributed by atoms with Gasteiger partial charge in [0.15, 0.2) is 0 Å². The van der Waals surface area contributed by atoms with Gasteiger partial charge in [0.25, 0.3) is 0 Å². The average molecular weight is 421 g/mol. The van der Waals surface area contributed by atoms with Gasteiger partial charge in [-0.15, -0.1) is 0 Å². The molecule has 2 heterocycles. The van der Waals surface area contributed by atoms with Crippen LogP contribution in [0, 0.1) is 0 Å². The Labute approximate surface area is 184 Å². The molecule has 0 spiro atoms. The molecule has 4 rings (SSSR count). The minimum absolute atomic E-state index is 0.00519. The molecule has 0 unspecified atom stereocenters. The molecule has 164 valence electrons. The van der Waals surface area contributed by atoms with Crippen molar-refractivity contribution in [2.24, 2.45) is 0 Å². The lowest BCUT2D eigenvalue weighted by Crippen LogP contribution is -2.52. The molecule has 6 heteroatoms. The Bertz CT molecular complexity index is 921. The first kappa shape index (κ1) is 21.4. The van der Waals surface area contributed by atoms with E-state index in [1.807, 2.05) is 35.2 Å². The van der Waals surface area contributed by atoms with Crippen LogP contribution in [0.3, 0.4) is 0 Å². The normalized spacial score (nSPS) is 16.7. The number of benzene rings is 2. The Balaban J connectivity index is 1.25. The monoisotopic (exact) mass is 420 g/mol. The number of nitrogens with zero attached hydrogens (tertiary/aromatic N) is 3. The third-order valence-electron chi connectivity index (χ3n) is 6.30. The summed E-state index contributed by atoms with van der Waals surface area (Å²) in [4.78, 5) is 31.7. The summed E-state index contributed by atoms with van der Waals surface area (Å²) < 4.78 is 0. The number of hydrogen-bond donors (Lipinski definition) is 1. The second kappa shape index (κ2) is 9.96. The van der Waals surface area contributed by atoms with E-state index in [-0.39, 0.29) is 11.8 Å². The van der Waals surface area contributed by atoms with E-state index in [4.69, 9.17) is 0 Å². The largest absolute Gasteiger partial charge is 0.362 e. The topological polar surface area (TPSA) is 55.9 Å². The van der Waals surface area contributed by atoms with Crippen LogP contribution >= 0.6 is 0 Å². The van der Waals surface area contributed by atoms with Gasteiger partial charge in [0, 0.05) is 44.1 Å². The number of aryl methyl sites for hydroxylation is 2. The fraction of sp³-hybridized carbons (Fsp3) is 0.440. The summed E-state index contributed by atoms with van der Waals surface area (Å²) in [6.45, 7) is 6.62. The molecule has 31 heavy (non-hydrogen) atoms. The molecule has 1 N–H and O–H groups in total. The van der Waals surface area contributed by atoms with Crippen LogP contribution in [-0.2, 0) is 22.4 Å². The summed E-state index contributed by atoms with van der Waals surface area (Å²) in [5.74, 6) is 0.184. The lowest BCUT2D eigenvalue weighted by molar-refractivity contribution is -0.131. The highest BCUT2D eigenvalue weighted by Gasteiger charge is 2.25. The summed E-state index contributed by atoms with van der Waals surface area (Å²) in [5, 5.41) is 3.04. The Morgan fingerprint density at radius 2 is 1.65 bits per heavy atom. The molecule has 0 radical (unpaired) electrons. The molecule has 0 aliphatic carbocycles. The number of amides is 2. The van der Waals surface area contributed by atoms with Crippen LogP contribution in [0.15, 0.2) is 48.5 Å². The standard InChI is InChI=1S/C25H32N4O2/c1-2-20-8-3-5-11-22(20)26-24(30)18-27-14-16-28(17-15-27)25(31)19-29-13-7-10-21-9-4-6-12-23(21)29/h3-6,8-9,11-12H,2,7,10,13-19H2,1H3,(H,26,30). The van der Waals surface area contributed by atoms with Crippen molar-refractivity contribution < 1.29 is 9.59 Å². The third kappa shape index (κ3) is 5.25. The lowest BCUT2D eigenvalue weighted by Gasteiger charge is -2.37. The van der Waals surface area contributed by atoms with Gasteiger partial charge < -0.3 is 15.1 Å². The predicted molar refractivity (Wildman–Crippen MR) is 124 cm³/mol. The molecule has 2 aromatic rings. The first-order valence-corrected chi connectivity index (χ1v) is 11.3. The van der Waals surface area contributed by atoms with Gasteiger partial charge in [0.2, 0.25) is 11.8 Å². The maximum Gasteiger partial charge on any atom is 0.242 e. The summed E-state index contributed by atoms with van der Waals surface area (Å²) in [6.07, 6.45) is 3.07. The fourth-order valence-corrected chi connectivity index (χ4v) is 4.54. The molecule has 2 aliphatic heterocycles. The maximum absolute atomic E-state index is 12.9. The Kier molecular flexibility index (Phi) is 6.87. The van der Waals surface area contributed by atoms with E-state index < -0.39 is 0 Å². The van der Waals surface area contributed by atoms with Gasteiger partial charge in [-0.2, -0.15) is 0 Å². The molecule has 2 amide bonds. The van der Waals surface area contributed by atoms with Crippen molar-refractivity contribution in [1.82, 2.24) is 9.80 Å². The number of para-hydroxylation sites is 2. The summed E-state index contributed by atoms with van der Waals surface area (Å²) >= 11 is 0. The Hall–Kier alpha value is -2.86. The smallest absolute Gasteiger partial charge is 0.242 e. The highest BCUT2D eigenvalue weighted by atomic mass is 16.2. The van der Waals surface area contributed by atoms with Crippen LogP contribution in [-0.4, -0.2) is 67.4 Å². The van der Waals surface area contributed by atoms with Crippen LogP contribution in [0.4, 0.5) is 11.4 Å².